The number of aryl methyl sites for hydroxylation is 1. The van der Waals surface area contributed by atoms with Gasteiger partial charge in [0.2, 0.25) is 5.89 Å². The van der Waals surface area contributed by atoms with Crippen molar-refractivity contribution in [2.75, 3.05) is 18.0 Å². The van der Waals surface area contributed by atoms with E-state index in [0.29, 0.717) is 23.7 Å². The summed E-state index contributed by atoms with van der Waals surface area (Å²) in [5.41, 5.74) is 0.756. The van der Waals surface area contributed by atoms with Crippen LogP contribution in [0.15, 0.2) is 16.1 Å². The van der Waals surface area contributed by atoms with Crippen LogP contribution < -0.4 is 10.2 Å². The Balaban J connectivity index is 1.66. The third kappa shape index (κ3) is 3.04. The highest BCUT2D eigenvalue weighted by Gasteiger charge is 2.52. The number of carbonyl (C=O) groups excluding carboxylic acids is 1. The number of alkyl carbamates (subject to hydrolysis) is 1. The Morgan fingerprint density at radius 2 is 2.13 bits per heavy atom. The summed E-state index contributed by atoms with van der Waals surface area (Å²) in [7, 11) is 0. The number of rotatable bonds is 2. The first-order valence-corrected chi connectivity index (χ1v) is 7.99. The molecule has 1 amide bonds. The first-order chi connectivity index (χ1) is 10.8. The van der Waals surface area contributed by atoms with Crippen LogP contribution in [0.1, 0.15) is 33.6 Å². The van der Waals surface area contributed by atoms with Crippen molar-refractivity contribution in [1.29, 1.82) is 0 Å². The quantitative estimate of drug-likeness (QED) is 0.842. The summed E-state index contributed by atoms with van der Waals surface area (Å²) in [6, 6.07) is 0.581. The highest BCUT2D eigenvalue weighted by atomic mass is 16.6. The van der Waals surface area contributed by atoms with Crippen LogP contribution in [0.4, 0.5) is 10.8 Å². The number of carbonyl (C=O) groups is 1. The summed E-state index contributed by atoms with van der Waals surface area (Å²) < 4.78 is 10.9. The molecule has 3 atom stereocenters. The van der Waals surface area contributed by atoms with Gasteiger partial charge in [0.15, 0.2) is 0 Å². The van der Waals surface area contributed by atoms with Gasteiger partial charge in [0.05, 0.1) is 6.04 Å². The molecule has 2 heterocycles. The van der Waals surface area contributed by atoms with Gasteiger partial charge in [0.1, 0.15) is 5.60 Å². The zero-order valence-electron chi connectivity index (χ0n) is 14.3. The largest absolute Gasteiger partial charge is 0.444 e. The number of hydrogen-bond acceptors (Lipinski definition) is 6. The van der Waals surface area contributed by atoms with Crippen molar-refractivity contribution in [1.82, 2.24) is 15.5 Å². The Kier molecular flexibility index (Phi) is 3.82. The van der Waals surface area contributed by atoms with E-state index in [4.69, 9.17) is 9.15 Å². The van der Waals surface area contributed by atoms with Crippen LogP contribution in [0.25, 0.3) is 0 Å². The topological polar surface area (TPSA) is 80.5 Å². The van der Waals surface area contributed by atoms with Crippen molar-refractivity contribution in [3.05, 3.63) is 17.5 Å². The second-order valence-electron chi connectivity index (χ2n) is 7.19. The lowest BCUT2D eigenvalue weighted by Gasteiger charge is -2.43. The minimum absolute atomic E-state index is 0.0221. The van der Waals surface area contributed by atoms with Crippen molar-refractivity contribution in [2.45, 2.75) is 46.3 Å². The number of anilines is 1. The lowest BCUT2D eigenvalue weighted by molar-refractivity contribution is 0.0466. The van der Waals surface area contributed by atoms with Crippen molar-refractivity contribution in [3.63, 3.8) is 0 Å². The zero-order valence-corrected chi connectivity index (χ0v) is 14.3. The van der Waals surface area contributed by atoms with Gasteiger partial charge in [-0.2, -0.15) is 0 Å². The van der Waals surface area contributed by atoms with Crippen LogP contribution in [-0.4, -0.2) is 41.0 Å². The fourth-order valence-corrected chi connectivity index (χ4v) is 3.47. The van der Waals surface area contributed by atoms with Crippen LogP contribution in [0, 0.1) is 18.8 Å². The maximum absolute atomic E-state index is 12.1. The van der Waals surface area contributed by atoms with E-state index in [2.05, 4.69) is 26.5 Å². The number of aromatic nitrogens is 2. The summed E-state index contributed by atoms with van der Waals surface area (Å²) >= 11 is 0. The summed E-state index contributed by atoms with van der Waals surface area (Å²) in [4.78, 5) is 14.1. The van der Waals surface area contributed by atoms with E-state index in [0.717, 1.165) is 13.1 Å². The minimum atomic E-state index is -0.494. The van der Waals surface area contributed by atoms with Gasteiger partial charge < -0.3 is 19.4 Å². The molecule has 1 aliphatic carbocycles. The molecule has 126 valence electrons. The summed E-state index contributed by atoms with van der Waals surface area (Å²) in [6.45, 7) is 11.0. The van der Waals surface area contributed by atoms with E-state index >= 15 is 0 Å². The molecule has 1 aromatic heterocycles. The molecule has 23 heavy (non-hydrogen) atoms. The van der Waals surface area contributed by atoms with Crippen molar-refractivity contribution < 1.29 is 13.9 Å². The molecule has 0 spiro atoms. The van der Waals surface area contributed by atoms with Gasteiger partial charge in [-0.15, -0.1) is 5.10 Å². The number of amides is 1. The average Bonchev–Trinajstić information content (AvgIpc) is 3.00. The molecule has 3 rings (SSSR count). The standard InChI is InChI=1S/C16H24N4O3/c1-6-10-11-7-20(14-19-18-9(2)22-14)8-12(11)13(10)17-15(21)23-16(3,4)5/h6,11-13H,7-8H2,1-5H3,(H,17,21)/b10-6+/t11?,12-,13?/m1/s1. The fourth-order valence-electron chi connectivity index (χ4n) is 3.47. The molecule has 1 saturated carbocycles. The number of ether oxygens (including phenoxy) is 1. The van der Waals surface area contributed by atoms with E-state index in [1.165, 1.54) is 5.57 Å². The third-order valence-corrected chi connectivity index (χ3v) is 4.37. The number of fused-ring (bicyclic) bond motifs is 1. The molecule has 0 radical (unpaired) electrons. The van der Waals surface area contributed by atoms with Crippen LogP contribution in [-0.2, 0) is 4.74 Å². The molecule has 1 aliphatic heterocycles. The number of nitrogens with one attached hydrogen (secondary N) is 1. The molecule has 1 aromatic rings. The van der Waals surface area contributed by atoms with E-state index < -0.39 is 5.60 Å². The number of nitrogens with zero attached hydrogens (tertiary/aromatic N) is 3. The van der Waals surface area contributed by atoms with Crippen LogP contribution in [0.2, 0.25) is 0 Å². The molecular weight excluding hydrogens is 296 g/mol. The van der Waals surface area contributed by atoms with Crippen molar-refractivity contribution >= 4 is 12.1 Å². The van der Waals surface area contributed by atoms with Gasteiger partial charge in [-0.05, 0) is 33.3 Å². The first-order valence-electron chi connectivity index (χ1n) is 7.99. The highest BCUT2D eigenvalue weighted by molar-refractivity contribution is 5.69. The van der Waals surface area contributed by atoms with Gasteiger partial charge in [0, 0.05) is 31.8 Å². The molecule has 0 aromatic carbocycles. The monoisotopic (exact) mass is 320 g/mol. The number of hydrogen-bond donors (Lipinski definition) is 1. The van der Waals surface area contributed by atoms with Gasteiger partial charge in [-0.25, -0.2) is 4.79 Å². The normalized spacial score (nSPS) is 28.5. The smallest absolute Gasteiger partial charge is 0.408 e. The van der Waals surface area contributed by atoms with E-state index in [1.807, 2.05) is 27.7 Å². The van der Waals surface area contributed by atoms with Gasteiger partial charge >= 0.3 is 12.1 Å². The lowest BCUT2D eigenvalue weighted by atomic mass is 9.67. The molecule has 7 nitrogen and oxygen atoms in total. The predicted molar refractivity (Wildman–Crippen MR) is 85.1 cm³/mol. The zero-order chi connectivity index (χ0) is 16.8. The number of allylic oxidation sites excluding steroid dienone is 1. The Hall–Kier alpha value is -2.05. The van der Waals surface area contributed by atoms with Crippen LogP contribution in [0.5, 0.6) is 0 Å². The average molecular weight is 320 g/mol. The Morgan fingerprint density at radius 3 is 2.70 bits per heavy atom. The van der Waals surface area contributed by atoms with Crippen LogP contribution >= 0.6 is 0 Å². The van der Waals surface area contributed by atoms with Gasteiger partial charge in [-0.1, -0.05) is 11.2 Å². The molecule has 2 fully saturated rings. The minimum Gasteiger partial charge on any atom is -0.444 e. The second-order valence-corrected chi connectivity index (χ2v) is 7.19. The molecule has 7 heteroatoms. The SMILES string of the molecule is C/C=C1\C2CN(c3nnc(C)o3)C[C@H]2C1NC(=O)OC(C)(C)C. The predicted octanol–water partition coefficient (Wildman–Crippen LogP) is 2.28. The lowest BCUT2D eigenvalue weighted by Crippen LogP contribution is -2.55. The van der Waals surface area contributed by atoms with E-state index in [1.54, 1.807) is 6.92 Å². The highest BCUT2D eigenvalue weighted by Crippen LogP contribution is 2.46. The summed E-state index contributed by atoms with van der Waals surface area (Å²) in [5, 5.41) is 11.0. The molecule has 0 bridgehead atoms. The Bertz CT molecular complexity index is 632. The fraction of sp³-hybridized carbons (Fsp3) is 0.688. The maximum Gasteiger partial charge on any atom is 0.408 e. The Morgan fingerprint density at radius 1 is 1.39 bits per heavy atom. The molecule has 1 N–H and O–H groups in total. The van der Waals surface area contributed by atoms with Crippen molar-refractivity contribution in [3.8, 4) is 0 Å². The second kappa shape index (κ2) is 5.54. The Labute approximate surface area is 136 Å². The van der Waals surface area contributed by atoms with Gasteiger partial charge in [-0.3, -0.25) is 0 Å². The van der Waals surface area contributed by atoms with Crippen molar-refractivity contribution in [2.24, 2.45) is 11.8 Å². The third-order valence-electron chi connectivity index (χ3n) is 4.37. The summed E-state index contributed by atoms with van der Waals surface area (Å²) in [6.07, 6.45) is 1.72. The molecular formula is C16H24N4O3. The maximum atomic E-state index is 12.1. The van der Waals surface area contributed by atoms with Crippen LogP contribution in [0.3, 0.4) is 0 Å². The summed E-state index contributed by atoms with van der Waals surface area (Å²) in [5.74, 6) is 1.34. The van der Waals surface area contributed by atoms with Gasteiger partial charge in [0.25, 0.3) is 0 Å². The van der Waals surface area contributed by atoms with E-state index in [-0.39, 0.29) is 12.1 Å². The van der Waals surface area contributed by atoms with E-state index in [9.17, 15) is 4.79 Å². The first kappa shape index (κ1) is 15.8. The molecule has 2 unspecified atom stereocenters. The molecule has 1 saturated heterocycles. The molecule has 2 aliphatic rings.